The molecule has 0 aliphatic heterocycles. The van der Waals surface area contributed by atoms with E-state index in [2.05, 4.69) is 24.7 Å². The quantitative estimate of drug-likeness (QED) is 0.649. The second-order valence-electron chi connectivity index (χ2n) is 5.12. The zero-order chi connectivity index (χ0) is 10.6. The average molecular weight is 194 g/mol. The van der Waals surface area contributed by atoms with Crippen molar-refractivity contribution in [2.45, 2.75) is 38.6 Å². The number of nitrogens with zero attached hydrogens (tertiary/aromatic N) is 1. The van der Waals surface area contributed by atoms with Crippen LogP contribution in [0.25, 0.3) is 0 Å². The van der Waals surface area contributed by atoms with Crippen molar-refractivity contribution in [1.82, 2.24) is 4.90 Å². The zero-order valence-electron chi connectivity index (χ0n) is 9.42. The van der Waals surface area contributed by atoms with Crippen LogP contribution in [0.15, 0.2) is 0 Å². The van der Waals surface area contributed by atoms with Crippen molar-refractivity contribution in [3.8, 4) is 12.3 Å². The summed E-state index contributed by atoms with van der Waals surface area (Å²) in [6.45, 7) is 7.10. The molecule has 14 heavy (non-hydrogen) atoms. The number of hydrogen-bond donors (Lipinski definition) is 1. The highest BCUT2D eigenvalue weighted by Gasteiger charge is 2.24. The molecule has 1 saturated carbocycles. The Morgan fingerprint density at radius 3 is 2.57 bits per heavy atom. The van der Waals surface area contributed by atoms with E-state index >= 15 is 0 Å². The zero-order valence-corrected chi connectivity index (χ0v) is 9.42. The molecule has 0 heterocycles. The Morgan fingerprint density at radius 1 is 1.50 bits per heavy atom. The van der Waals surface area contributed by atoms with Gasteiger partial charge in [0.25, 0.3) is 0 Å². The maximum Gasteiger partial charge on any atom is 0.0599 e. The molecule has 80 valence electrons. The van der Waals surface area contributed by atoms with Crippen LogP contribution in [0, 0.1) is 18.3 Å². The number of terminal acetylenes is 1. The number of hydrogen-bond acceptors (Lipinski definition) is 2. The van der Waals surface area contributed by atoms with Crippen molar-refractivity contribution in [3.05, 3.63) is 0 Å². The average Bonchev–Trinajstić information content (AvgIpc) is 2.83. The molecule has 2 nitrogen and oxygen atoms in total. The number of nitrogens with two attached hydrogens (primary N) is 1. The Morgan fingerprint density at radius 2 is 2.14 bits per heavy atom. The van der Waals surface area contributed by atoms with E-state index in [1.807, 2.05) is 0 Å². The van der Waals surface area contributed by atoms with Crippen LogP contribution in [0.3, 0.4) is 0 Å². The third-order valence-corrected chi connectivity index (χ3v) is 2.60. The van der Waals surface area contributed by atoms with Crippen molar-refractivity contribution in [2.24, 2.45) is 11.7 Å². The van der Waals surface area contributed by atoms with Crippen LogP contribution >= 0.6 is 0 Å². The van der Waals surface area contributed by atoms with E-state index in [-0.39, 0.29) is 5.54 Å². The van der Waals surface area contributed by atoms with Crippen LogP contribution in [0.4, 0.5) is 0 Å². The van der Waals surface area contributed by atoms with Gasteiger partial charge < -0.3 is 5.73 Å². The molecule has 1 fully saturated rings. The summed E-state index contributed by atoms with van der Waals surface area (Å²) in [7, 11) is 0. The highest BCUT2D eigenvalue weighted by atomic mass is 15.1. The van der Waals surface area contributed by atoms with Gasteiger partial charge in [0.15, 0.2) is 0 Å². The van der Waals surface area contributed by atoms with Gasteiger partial charge in [-0.1, -0.05) is 5.92 Å². The molecule has 1 aliphatic rings. The molecule has 0 spiro atoms. The Kier molecular flexibility index (Phi) is 3.97. The number of rotatable bonds is 6. The lowest BCUT2D eigenvalue weighted by Crippen LogP contribution is -2.38. The summed E-state index contributed by atoms with van der Waals surface area (Å²) >= 11 is 0. The normalized spacial score (nSPS) is 17.1. The molecule has 0 aromatic carbocycles. The lowest BCUT2D eigenvalue weighted by atomic mass is 10.0. The van der Waals surface area contributed by atoms with E-state index in [4.69, 9.17) is 12.2 Å². The van der Waals surface area contributed by atoms with Crippen molar-refractivity contribution >= 4 is 0 Å². The van der Waals surface area contributed by atoms with Gasteiger partial charge >= 0.3 is 0 Å². The highest BCUT2D eigenvalue weighted by molar-refractivity contribution is 4.90. The summed E-state index contributed by atoms with van der Waals surface area (Å²) in [5.74, 6) is 3.63. The molecule has 0 aromatic heterocycles. The Labute approximate surface area is 87.8 Å². The predicted molar refractivity (Wildman–Crippen MR) is 60.9 cm³/mol. The fourth-order valence-electron chi connectivity index (χ4n) is 1.48. The fraction of sp³-hybridized carbons (Fsp3) is 0.833. The monoisotopic (exact) mass is 194 g/mol. The summed E-state index contributed by atoms with van der Waals surface area (Å²) in [5, 5.41) is 0. The van der Waals surface area contributed by atoms with Crippen molar-refractivity contribution in [1.29, 1.82) is 0 Å². The lowest BCUT2D eigenvalue weighted by Gasteiger charge is -2.25. The molecule has 1 rings (SSSR count). The van der Waals surface area contributed by atoms with Gasteiger partial charge in [-0.25, -0.2) is 0 Å². The molecule has 1 aliphatic carbocycles. The van der Waals surface area contributed by atoms with Crippen LogP contribution in [0.2, 0.25) is 0 Å². The van der Waals surface area contributed by atoms with Crippen molar-refractivity contribution in [2.75, 3.05) is 19.6 Å². The topological polar surface area (TPSA) is 29.3 Å². The summed E-state index contributed by atoms with van der Waals surface area (Å²) in [4.78, 5) is 2.35. The molecule has 0 radical (unpaired) electrons. The molecule has 0 amide bonds. The van der Waals surface area contributed by atoms with E-state index < -0.39 is 0 Å². The highest BCUT2D eigenvalue weighted by Crippen LogP contribution is 2.29. The van der Waals surface area contributed by atoms with Gasteiger partial charge in [0.05, 0.1) is 6.54 Å². The summed E-state index contributed by atoms with van der Waals surface area (Å²) < 4.78 is 0. The first kappa shape index (κ1) is 11.6. The summed E-state index contributed by atoms with van der Waals surface area (Å²) in [6, 6.07) is 0. The lowest BCUT2D eigenvalue weighted by molar-refractivity contribution is 0.265. The van der Waals surface area contributed by atoms with Crippen molar-refractivity contribution in [3.63, 3.8) is 0 Å². The Hall–Kier alpha value is -0.520. The molecule has 0 atom stereocenters. The molecule has 0 aromatic rings. The van der Waals surface area contributed by atoms with Gasteiger partial charge in [-0.15, -0.1) is 6.42 Å². The largest absolute Gasteiger partial charge is 0.326 e. The van der Waals surface area contributed by atoms with E-state index in [1.54, 1.807) is 0 Å². The molecule has 0 saturated heterocycles. The molecule has 0 bridgehead atoms. The second-order valence-corrected chi connectivity index (χ2v) is 5.12. The van der Waals surface area contributed by atoms with Crippen LogP contribution in [-0.4, -0.2) is 30.1 Å². The first-order chi connectivity index (χ1) is 6.51. The fourth-order valence-corrected chi connectivity index (χ4v) is 1.48. The van der Waals surface area contributed by atoms with Gasteiger partial charge in [-0.05, 0) is 39.0 Å². The summed E-state index contributed by atoms with van der Waals surface area (Å²) in [6.07, 6.45) is 9.12. The Bertz CT molecular complexity index is 205. The van der Waals surface area contributed by atoms with E-state index in [0.29, 0.717) is 0 Å². The van der Waals surface area contributed by atoms with E-state index in [0.717, 1.165) is 25.4 Å². The first-order valence-electron chi connectivity index (χ1n) is 5.46. The molecular weight excluding hydrogens is 172 g/mol. The van der Waals surface area contributed by atoms with Crippen LogP contribution in [-0.2, 0) is 0 Å². The first-order valence-corrected chi connectivity index (χ1v) is 5.46. The minimum atomic E-state index is -0.0730. The van der Waals surface area contributed by atoms with E-state index in [1.165, 1.54) is 19.4 Å². The maximum atomic E-state index is 5.95. The SMILES string of the molecule is C#CCN(CCC(C)(C)N)CC1CC1. The molecule has 2 heteroatoms. The second kappa shape index (κ2) is 4.82. The summed E-state index contributed by atoms with van der Waals surface area (Å²) in [5.41, 5.74) is 5.88. The standard InChI is InChI=1S/C12H22N2/c1-4-8-14(10-11-5-6-11)9-7-12(2,3)13/h1,11H,5-10,13H2,2-3H3. The van der Waals surface area contributed by atoms with Crippen LogP contribution in [0.1, 0.15) is 33.1 Å². The van der Waals surface area contributed by atoms with Crippen LogP contribution < -0.4 is 5.73 Å². The minimum Gasteiger partial charge on any atom is -0.326 e. The van der Waals surface area contributed by atoms with Gasteiger partial charge in [0.2, 0.25) is 0 Å². The van der Waals surface area contributed by atoms with Gasteiger partial charge in [-0.2, -0.15) is 0 Å². The van der Waals surface area contributed by atoms with Gasteiger partial charge in [0, 0.05) is 18.6 Å². The third kappa shape index (κ3) is 5.26. The van der Waals surface area contributed by atoms with Gasteiger partial charge in [0.1, 0.15) is 0 Å². The third-order valence-electron chi connectivity index (χ3n) is 2.60. The predicted octanol–water partition coefficient (Wildman–Crippen LogP) is 1.46. The minimum absolute atomic E-state index is 0.0730. The van der Waals surface area contributed by atoms with Gasteiger partial charge in [-0.3, -0.25) is 4.90 Å². The Balaban J connectivity index is 2.23. The van der Waals surface area contributed by atoms with Crippen LogP contribution in [0.5, 0.6) is 0 Å². The van der Waals surface area contributed by atoms with Crippen molar-refractivity contribution < 1.29 is 0 Å². The van der Waals surface area contributed by atoms with E-state index in [9.17, 15) is 0 Å². The molecular formula is C12H22N2. The smallest absolute Gasteiger partial charge is 0.0599 e. The maximum absolute atomic E-state index is 5.95. The molecule has 2 N–H and O–H groups in total. The molecule has 0 unspecified atom stereocenters.